The molecule has 0 radical (unpaired) electrons. The summed E-state index contributed by atoms with van der Waals surface area (Å²) in [6.07, 6.45) is 6.25. The number of fused-ring (bicyclic) bond motifs is 1. The molecule has 0 saturated carbocycles. The van der Waals surface area contributed by atoms with Crippen molar-refractivity contribution in [3.8, 4) is 11.5 Å². The summed E-state index contributed by atoms with van der Waals surface area (Å²) in [7, 11) is 0. The first kappa shape index (κ1) is 17.3. The van der Waals surface area contributed by atoms with Crippen LogP contribution in [-0.4, -0.2) is 28.0 Å². The van der Waals surface area contributed by atoms with Crippen LogP contribution in [-0.2, 0) is 0 Å². The maximum absolute atomic E-state index is 6.07. The van der Waals surface area contributed by atoms with Crippen LogP contribution in [0, 0.1) is 6.92 Å². The van der Waals surface area contributed by atoms with Gasteiger partial charge in [0.05, 0.1) is 17.9 Å². The number of hydrogen-bond acceptors (Lipinski definition) is 6. The number of ether oxygens (including phenoxy) is 1. The molecule has 138 valence electrons. The minimum atomic E-state index is 0.143. The minimum absolute atomic E-state index is 0.143. The van der Waals surface area contributed by atoms with Gasteiger partial charge in [0, 0.05) is 30.5 Å². The number of para-hydroxylation sites is 2. The first-order valence-electron chi connectivity index (χ1n) is 9.25. The molecule has 0 aliphatic carbocycles. The highest BCUT2D eigenvalue weighted by Crippen LogP contribution is 2.37. The van der Waals surface area contributed by atoms with Crippen LogP contribution >= 0.6 is 0 Å². The minimum Gasteiger partial charge on any atom is -0.454 e. The van der Waals surface area contributed by atoms with Crippen molar-refractivity contribution in [1.82, 2.24) is 15.0 Å². The van der Waals surface area contributed by atoms with Gasteiger partial charge in [-0.15, -0.1) is 0 Å². The fraction of sp³-hybridized carbons (Fsp3) is 0.286. The van der Waals surface area contributed by atoms with Gasteiger partial charge in [0.15, 0.2) is 5.75 Å². The van der Waals surface area contributed by atoms with E-state index in [0.717, 1.165) is 53.8 Å². The highest BCUT2D eigenvalue weighted by Gasteiger charge is 2.26. The Morgan fingerprint density at radius 1 is 1.15 bits per heavy atom. The molecule has 0 saturated heterocycles. The van der Waals surface area contributed by atoms with Gasteiger partial charge in [-0.2, -0.15) is 0 Å². The Hall–Kier alpha value is -3.15. The summed E-state index contributed by atoms with van der Waals surface area (Å²) in [5.74, 6) is 2.51. The van der Waals surface area contributed by atoms with Gasteiger partial charge < -0.3 is 15.0 Å². The third-order valence-electron chi connectivity index (χ3n) is 4.79. The molecule has 0 bridgehead atoms. The Labute approximate surface area is 159 Å². The SMILES string of the molecule is CCN1CCC(Nc2ccccc2Oc2ccc(C)nc2)c2cncnc21. The number of aryl methyl sites for hydroxylation is 1. The zero-order valence-corrected chi connectivity index (χ0v) is 15.6. The molecule has 3 aromatic rings. The molecule has 27 heavy (non-hydrogen) atoms. The number of pyridine rings is 1. The summed E-state index contributed by atoms with van der Waals surface area (Å²) in [5, 5.41) is 3.63. The molecule has 1 N–H and O–H groups in total. The lowest BCUT2D eigenvalue weighted by atomic mass is 10.0. The molecular weight excluding hydrogens is 338 g/mol. The first-order chi connectivity index (χ1) is 13.2. The van der Waals surface area contributed by atoms with Gasteiger partial charge in [-0.25, -0.2) is 9.97 Å². The Balaban J connectivity index is 1.59. The number of rotatable bonds is 5. The van der Waals surface area contributed by atoms with Crippen LogP contribution in [0.5, 0.6) is 11.5 Å². The number of nitrogens with one attached hydrogen (secondary N) is 1. The second-order valence-corrected chi connectivity index (χ2v) is 6.60. The number of nitrogens with zero attached hydrogens (tertiary/aromatic N) is 4. The second kappa shape index (κ2) is 7.61. The van der Waals surface area contributed by atoms with Gasteiger partial charge in [-0.1, -0.05) is 12.1 Å². The van der Waals surface area contributed by atoms with E-state index < -0.39 is 0 Å². The highest BCUT2D eigenvalue weighted by molar-refractivity contribution is 5.61. The summed E-state index contributed by atoms with van der Waals surface area (Å²) in [5.41, 5.74) is 3.04. The molecule has 0 fully saturated rings. The molecular formula is C21H23N5O. The Kier molecular flexibility index (Phi) is 4.87. The largest absolute Gasteiger partial charge is 0.454 e. The number of hydrogen-bond donors (Lipinski definition) is 1. The van der Waals surface area contributed by atoms with Crippen LogP contribution < -0.4 is 15.0 Å². The monoisotopic (exact) mass is 361 g/mol. The van der Waals surface area contributed by atoms with E-state index in [-0.39, 0.29) is 6.04 Å². The fourth-order valence-electron chi connectivity index (χ4n) is 3.35. The molecule has 0 spiro atoms. The van der Waals surface area contributed by atoms with E-state index in [2.05, 4.69) is 32.1 Å². The molecule has 1 aliphatic heterocycles. The first-order valence-corrected chi connectivity index (χ1v) is 9.25. The van der Waals surface area contributed by atoms with Gasteiger partial charge in [0.1, 0.15) is 17.9 Å². The summed E-state index contributed by atoms with van der Waals surface area (Å²) >= 11 is 0. The molecule has 6 nitrogen and oxygen atoms in total. The molecule has 3 heterocycles. The molecule has 1 aliphatic rings. The summed E-state index contributed by atoms with van der Waals surface area (Å²) in [6, 6.07) is 12.0. The van der Waals surface area contributed by atoms with Crippen molar-refractivity contribution < 1.29 is 4.74 Å². The molecule has 1 unspecified atom stereocenters. The van der Waals surface area contributed by atoms with E-state index in [9.17, 15) is 0 Å². The summed E-state index contributed by atoms with van der Waals surface area (Å²) in [4.78, 5) is 15.3. The van der Waals surface area contributed by atoms with E-state index >= 15 is 0 Å². The van der Waals surface area contributed by atoms with Gasteiger partial charge in [0.25, 0.3) is 0 Å². The lowest BCUT2D eigenvalue weighted by molar-refractivity contribution is 0.480. The van der Waals surface area contributed by atoms with Crippen LogP contribution in [0.4, 0.5) is 11.5 Å². The van der Waals surface area contributed by atoms with Crippen molar-refractivity contribution in [3.63, 3.8) is 0 Å². The third-order valence-corrected chi connectivity index (χ3v) is 4.79. The van der Waals surface area contributed by atoms with Gasteiger partial charge in [0.2, 0.25) is 0 Å². The van der Waals surface area contributed by atoms with E-state index in [1.54, 1.807) is 12.5 Å². The smallest absolute Gasteiger partial charge is 0.150 e. The molecule has 2 aromatic heterocycles. The zero-order chi connectivity index (χ0) is 18.6. The van der Waals surface area contributed by atoms with Crippen molar-refractivity contribution in [3.05, 3.63) is 66.4 Å². The number of aromatic nitrogens is 3. The Morgan fingerprint density at radius 2 is 2.04 bits per heavy atom. The number of benzene rings is 1. The van der Waals surface area contributed by atoms with Crippen molar-refractivity contribution >= 4 is 11.5 Å². The van der Waals surface area contributed by atoms with E-state index in [1.165, 1.54) is 0 Å². The molecule has 1 atom stereocenters. The Morgan fingerprint density at radius 3 is 2.85 bits per heavy atom. The zero-order valence-electron chi connectivity index (χ0n) is 15.6. The second-order valence-electron chi connectivity index (χ2n) is 6.60. The Bertz CT molecular complexity index is 912. The third kappa shape index (κ3) is 3.69. The van der Waals surface area contributed by atoms with Crippen LogP contribution in [0.1, 0.15) is 30.6 Å². The highest BCUT2D eigenvalue weighted by atomic mass is 16.5. The van der Waals surface area contributed by atoms with Crippen molar-refractivity contribution in [2.75, 3.05) is 23.3 Å². The maximum atomic E-state index is 6.07. The predicted molar refractivity (Wildman–Crippen MR) is 106 cm³/mol. The maximum Gasteiger partial charge on any atom is 0.150 e. The molecule has 6 heteroatoms. The lowest BCUT2D eigenvalue weighted by Gasteiger charge is -2.34. The van der Waals surface area contributed by atoms with Gasteiger partial charge >= 0.3 is 0 Å². The quantitative estimate of drug-likeness (QED) is 0.729. The average Bonchev–Trinajstić information content (AvgIpc) is 2.71. The van der Waals surface area contributed by atoms with Gasteiger partial charge in [-0.05, 0) is 44.5 Å². The molecule has 1 aromatic carbocycles. The van der Waals surface area contributed by atoms with Crippen molar-refractivity contribution in [2.45, 2.75) is 26.3 Å². The predicted octanol–water partition coefficient (Wildman–Crippen LogP) is 4.36. The topological polar surface area (TPSA) is 63.2 Å². The van der Waals surface area contributed by atoms with Crippen LogP contribution in [0.15, 0.2) is 55.1 Å². The molecule has 4 rings (SSSR count). The molecule has 0 amide bonds. The van der Waals surface area contributed by atoms with Crippen LogP contribution in [0.2, 0.25) is 0 Å². The summed E-state index contributed by atoms with van der Waals surface area (Å²) < 4.78 is 6.07. The van der Waals surface area contributed by atoms with E-state index in [1.807, 2.05) is 49.5 Å². The van der Waals surface area contributed by atoms with Crippen LogP contribution in [0.25, 0.3) is 0 Å². The van der Waals surface area contributed by atoms with Gasteiger partial charge in [-0.3, -0.25) is 4.98 Å². The van der Waals surface area contributed by atoms with Crippen LogP contribution in [0.3, 0.4) is 0 Å². The normalized spacial score (nSPS) is 15.9. The standard InChI is InChI=1S/C21H23N5O/c1-3-26-11-10-18(17-13-22-14-24-21(17)26)25-19-6-4-5-7-20(19)27-16-9-8-15(2)23-12-16/h4-9,12-14,18,25H,3,10-11H2,1-2H3. The number of anilines is 2. The van der Waals surface area contributed by atoms with Crippen molar-refractivity contribution in [1.29, 1.82) is 0 Å². The van der Waals surface area contributed by atoms with Crippen molar-refractivity contribution in [2.24, 2.45) is 0 Å². The average molecular weight is 361 g/mol. The summed E-state index contributed by atoms with van der Waals surface area (Å²) in [6.45, 7) is 6.01. The van der Waals surface area contributed by atoms with E-state index in [0.29, 0.717) is 0 Å². The fourth-order valence-corrected chi connectivity index (χ4v) is 3.35. The lowest BCUT2D eigenvalue weighted by Crippen LogP contribution is -2.34. The van der Waals surface area contributed by atoms with E-state index in [4.69, 9.17) is 4.74 Å².